The van der Waals surface area contributed by atoms with Crippen LogP contribution in [0.4, 0.5) is 0 Å². The van der Waals surface area contributed by atoms with Gasteiger partial charge in [0.2, 0.25) is 5.91 Å². The van der Waals surface area contributed by atoms with Gasteiger partial charge in [0.1, 0.15) is 18.5 Å². The fraction of sp³-hybridized carbons (Fsp3) is 0.600. The lowest BCUT2D eigenvalue weighted by Gasteiger charge is -2.23. The second kappa shape index (κ2) is 5.99. The zero-order valence-corrected chi connectivity index (χ0v) is 12.2. The highest BCUT2D eigenvalue weighted by atomic mass is 16.6. The Morgan fingerprint density at radius 1 is 1.62 bits per heavy atom. The van der Waals surface area contributed by atoms with E-state index in [1.54, 1.807) is 12.4 Å². The van der Waals surface area contributed by atoms with Crippen molar-refractivity contribution in [1.82, 2.24) is 9.88 Å². The summed E-state index contributed by atoms with van der Waals surface area (Å²) in [5.74, 6) is 0.781. The van der Waals surface area contributed by atoms with Gasteiger partial charge in [-0.05, 0) is 18.6 Å². The smallest absolute Gasteiger partial charge is 0.248 e. The molecule has 6 heteroatoms. The van der Waals surface area contributed by atoms with Crippen molar-refractivity contribution >= 4 is 5.91 Å². The SMILES string of the molecule is COCC(=O)N1CCC2(CC(Oc3cccnc3)CO2)C1. The molecule has 3 heterocycles. The second-order valence-electron chi connectivity index (χ2n) is 5.63. The van der Waals surface area contributed by atoms with Crippen LogP contribution in [0.3, 0.4) is 0 Å². The summed E-state index contributed by atoms with van der Waals surface area (Å²) >= 11 is 0. The van der Waals surface area contributed by atoms with Crippen LogP contribution in [0.1, 0.15) is 12.8 Å². The first-order valence-electron chi connectivity index (χ1n) is 7.18. The molecule has 6 nitrogen and oxygen atoms in total. The molecule has 1 spiro atoms. The van der Waals surface area contributed by atoms with E-state index in [1.165, 1.54) is 7.11 Å². The third-order valence-corrected chi connectivity index (χ3v) is 4.05. The first kappa shape index (κ1) is 14.3. The quantitative estimate of drug-likeness (QED) is 0.824. The molecule has 0 radical (unpaired) electrons. The van der Waals surface area contributed by atoms with Gasteiger partial charge in [0, 0.05) is 32.8 Å². The largest absolute Gasteiger partial charge is 0.486 e. The van der Waals surface area contributed by atoms with E-state index >= 15 is 0 Å². The van der Waals surface area contributed by atoms with Crippen LogP contribution in [-0.4, -0.2) is 60.9 Å². The fourth-order valence-electron chi connectivity index (χ4n) is 3.04. The van der Waals surface area contributed by atoms with Crippen molar-refractivity contribution < 1.29 is 19.0 Å². The Labute approximate surface area is 124 Å². The zero-order chi connectivity index (χ0) is 14.7. The van der Waals surface area contributed by atoms with E-state index in [9.17, 15) is 4.79 Å². The van der Waals surface area contributed by atoms with Crippen molar-refractivity contribution in [1.29, 1.82) is 0 Å². The molecular weight excluding hydrogens is 272 g/mol. The minimum atomic E-state index is -0.254. The predicted octanol–water partition coefficient (Wildman–Crippen LogP) is 0.867. The molecule has 1 amide bonds. The minimum Gasteiger partial charge on any atom is -0.486 e. The van der Waals surface area contributed by atoms with Gasteiger partial charge in [-0.25, -0.2) is 0 Å². The normalized spacial score (nSPS) is 28.2. The molecule has 0 aromatic carbocycles. The lowest BCUT2D eigenvalue weighted by Crippen LogP contribution is -2.37. The van der Waals surface area contributed by atoms with Gasteiger partial charge < -0.3 is 19.1 Å². The number of hydrogen-bond donors (Lipinski definition) is 0. The average Bonchev–Trinajstić information content (AvgIpc) is 3.08. The first-order chi connectivity index (χ1) is 10.2. The topological polar surface area (TPSA) is 60.9 Å². The number of carbonyl (C=O) groups excluding carboxylic acids is 1. The highest BCUT2D eigenvalue weighted by molar-refractivity contribution is 5.77. The summed E-state index contributed by atoms with van der Waals surface area (Å²) in [5, 5.41) is 0. The number of nitrogens with zero attached hydrogens (tertiary/aromatic N) is 2. The van der Waals surface area contributed by atoms with Gasteiger partial charge in [-0.1, -0.05) is 0 Å². The molecule has 2 unspecified atom stereocenters. The van der Waals surface area contributed by atoms with Crippen molar-refractivity contribution in [3.8, 4) is 5.75 Å². The first-order valence-corrected chi connectivity index (χ1v) is 7.18. The fourth-order valence-corrected chi connectivity index (χ4v) is 3.04. The summed E-state index contributed by atoms with van der Waals surface area (Å²) in [5.41, 5.74) is -0.254. The Morgan fingerprint density at radius 3 is 3.29 bits per heavy atom. The maximum absolute atomic E-state index is 11.9. The van der Waals surface area contributed by atoms with Crippen LogP contribution in [0.15, 0.2) is 24.5 Å². The van der Waals surface area contributed by atoms with Gasteiger partial charge in [-0.2, -0.15) is 0 Å². The van der Waals surface area contributed by atoms with Crippen molar-refractivity contribution in [2.75, 3.05) is 33.4 Å². The lowest BCUT2D eigenvalue weighted by molar-refractivity contribution is -0.135. The Balaban J connectivity index is 1.56. The van der Waals surface area contributed by atoms with E-state index in [2.05, 4.69) is 4.98 Å². The van der Waals surface area contributed by atoms with Crippen LogP contribution in [0.25, 0.3) is 0 Å². The number of carbonyl (C=O) groups is 1. The van der Waals surface area contributed by atoms with E-state index < -0.39 is 0 Å². The molecule has 2 saturated heterocycles. The van der Waals surface area contributed by atoms with Crippen LogP contribution in [0.5, 0.6) is 5.75 Å². The van der Waals surface area contributed by atoms with Crippen molar-refractivity contribution in [3.05, 3.63) is 24.5 Å². The number of pyridine rings is 1. The summed E-state index contributed by atoms with van der Waals surface area (Å²) in [6.45, 7) is 2.04. The van der Waals surface area contributed by atoms with Gasteiger partial charge in [0.25, 0.3) is 0 Å². The summed E-state index contributed by atoms with van der Waals surface area (Å²) in [4.78, 5) is 17.7. The molecule has 0 aliphatic carbocycles. The molecule has 2 atom stereocenters. The lowest BCUT2D eigenvalue weighted by atomic mass is 9.98. The van der Waals surface area contributed by atoms with Crippen LogP contribution in [0.2, 0.25) is 0 Å². The van der Waals surface area contributed by atoms with Crippen LogP contribution in [0, 0.1) is 0 Å². The molecule has 2 aliphatic rings. The number of hydrogen-bond acceptors (Lipinski definition) is 5. The Bertz CT molecular complexity index is 496. The molecule has 3 rings (SSSR count). The molecule has 0 bridgehead atoms. The average molecular weight is 292 g/mol. The summed E-state index contributed by atoms with van der Waals surface area (Å²) in [6.07, 6.45) is 5.10. The number of methoxy groups -OCH3 is 1. The standard InChI is InChI=1S/C15H20N2O4/c1-19-10-14(18)17-6-4-15(11-17)7-13(9-20-15)21-12-3-2-5-16-8-12/h2-3,5,8,13H,4,6-7,9-11H2,1H3. The van der Waals surface area contributed by atoms with E-state index in [-0.39, 0.29) is 24.2 Å². The summed E-state index contributed by atoms with van der Waals surface area (Å²) < 4.78 is 16.8. The van der Waals surface area contributed by atoms with Gasteiger partial charge in [0.15, 0.2) is 0 Å². The van der Waals surface area contributed by atoms with Gasteiger partial charge in [-0.15, -0.1) is 0 Å². The monoisotopic (exact) mass is 292 g/mol. The van der Waals surface area contributed by atoms with Crippen LogP contribution >= 0.6 is 0 Å². The zero-order valence-electron chi connectivity index (χ0n) is 12.2. The molecule has 1 aromatic heterocycles. The Kier molecular flexibility index (Phi) is 4.07. The van der Waals surface area contributed by atoms with E-state index in [0.717, 1.165) is 25.1 Å². The summed E-state index contributed by atoms with van der Waals surface area (Å²) in [7, 11) is 1.54. The number of ether oxygens (including phenoxy) is 3. The van der Waals surface area contributed by atoms with E-state index in [4.69, 9.17) is 14.2 Å². The van der Waals surface area contributed by atoms with Gasteiger partial charge >= 0.3 is 0 Å². The minimum absolute atomic E-state index is 0.0201. The Hall–Kier alpha value is -1.66. The van der Waals surface area contributed by atoms with E-state index in [0.29, 0.717) is 13.2 Å². The molecule has 114 valence electrons. The van der Waals surface area contributed by atoms with Crippen molar-refractivity contribution in [2.45, 2.75) is 24.5 Å². The van der Waals surface area contributed by atoms with Crippen molar-refractivity contribution in [2.24, 2.45) is 0 Å². The molecule has 21 heavy (non-hydrogen) atoms. The second-order valence-corrected chi connectivity index (χ2v) is 5.63. The van der Waals surface area contributed by atoms with Crippen LogP contribution < -0.4 is 4.74 Å². The number of rotatable bonds is 4. The third kappa shape index (κ3) is 3.16. The highest BCUT2D eigenvalue weighted by Gasteiger charge is 2.47. The molecule has 2 aliphatic heterocycles. The number of aromatic nitrogens is 1. The molecule has 0 N–H and O–H groups in total. The van der Waals surface area contributed by atoms with E-state index in [1.807, 2.05) is 17.0 Å². The third-order valence-electron chi connectivity index (χ3n) is 4.05. The number of likely N-dealkylation sites (tertiary alicyclic amines) is 1. The van der Waals surface area contributed by atoms with Crippen LogP contribution in [-0.2, 0) is 14.3 Å². The predicted molar refractivity (Wildman–Crippen MR) is 75.0 cm³/mol. The molecule has 1 aromatic rings. The van der Waals surface area contributed by atoms with Gasteiger partial charge in [0.05, 0.1) is 18.4 Å². The van der Waals surface area contributed by atoms with Crippen molar-refractivity contribution in [3.63, 3.8) is 0 Å². The molecular formula is C15H20N2O4. The summed E-state index contributed by atoms with van der Waals surface area (Å²) in [6, 6.07) is 3.74. The molecule has 0 saturated carbocycles. The highest BCUT2D eigenvalue weighted by Crippen LogP contribution is 2.36. The van der Waals surface area contributed by atoms with Gasteiger partial charge in [-0.3, -0.25) is 9.78 Å². The molecule has 2 fully saturated rings. The number of amides is 1. The maximum Gasteiger partial charge on any atom is 0.248 e. The Morgan fingerprint density at radius 2 is 2.52 bits per heavy atom. The maximum atomic E-state index is 11.9.